The summed E-state index contributed by atoms with van der Waals surface area (Å²) in [5.41, 5.74) is 1.45. The summed E-state index contributed by atoms with van der Waals surface area (Å²) in [6.45, 7) is 6.50. The van der Waals surface area contributed by atoms with Gasteiger partial charge in [0.15, 0.2) is 0 Å². The molecule has 84 valence electrons. The Morgan fingerprint density at radius 2 is 1.80 bits per heavy atom. The molecule has 0 fully saturated rings. The molecular formula is C13H20FN. The Morgan fingerprint density at radius 1 is 1.20 bits per heavy atom. The summed E-state index contributed by atoms with van der Waals surface area (Å²) in [6, 6.07) is 8.46. The third-order valence-electron chi connectivity index (χ3n) is 2.26. The van der Waals surface area contributed by atoms with Crippen molar-refractivity contribution in [2.24, 2.45) is 0 Å². The summed E-state index contributed by atoms with van der Waals surface area (Å²) in [5.74, 6) is 0. The lowest BCUT2D eigenvalue weighted by Crippen LogP contribution is -2.32. The van der Waals surface area contributed by atoms with Gasteiger partial charge in [0.25, 0.3) is 0 Å². The van der Waals surface area contributed by atoms with E-state index in [-0.39, 0.29) is 0 Å². The summed E-state index contributed by atoms with van der Waals surface area (Å²) in [4.78, 5) is 0. The van der Waals surface area contributed by atoms with Crippen molar-refractivity contribution in [1.29, 1.82) is 0 Å². The number of nitrogens with one attached hydrogen (secondary N) is 1. The lowest BCUT2D eigenvalue weighted by molar-refractivity contribution is 0.211. The molecule has 1 aromatic carbocycles. The van der Waals surface area contributed by atoms with E-state index in [9.17, 15) is 4.39 Å². The maximum Gasteiger partial charge on any atom is 0.117 e. The molecule has 0 atom stereocenters. The molecule has 0 heterocycles. The number of halogens is 1. The van der Waals surface area contributed by atoms with Crippen LogP contribution < -0.4 is 5.32 Å². The molecule has 1 rings (SSSR count). The van der Waals surface area contributed by atoms with Crippen LogP contribution in [0.4, 0.5) is 4.39 Å². The first kappa shape index (κ1) is 12.2. The van der Waals surface area contributed by atoms with Gasteiger partial charge in [0.1, 0.15) is 5.67 Å². The number of aryl methyl sites for hydroxylation is 1. The molecular weight excluding hydrogens is 189 g/mol. The largest absolute Gasteiger partial charge is 0.313 e. The van der Waals surface area contributed by atoms with Crippen molar-refractivity contribution in [3.8, 4) is 0 Å². The third kappa shape index (κ3) is 5.53. The predicted octanol–water partition coefficient (Wildman–Crippen LogP) is 2.88. The van der Waals surface area contributed by atoms with Gasteiger partial charge in [-0.15, -0.1) is 0 Å². The Bertz CT molecular complexity index is 284. The van der Waals surface area contributed by atoms with Crippen LogP contribution in [0.15, 0.2) is 24.3 Å². The van der Waals surface area contributed by atoms with Gasteiger partial charge in [0.05, 0.1) is 0 Å². The zero-order chi connectivity index (χ0) is 11.3. The molecule has 1 N–H and O–H groups in total. The molecule has 2 heteroatoms. The van der Waals surface area contributed by atoms with Gasteiger partial charge >= 0.3 is 0 Å². The van der Waals surface area contributed by atoms with Crippen molar-refractivity contribution in [3.05, 3.63) is 35.4 Å². The minimum Gasteiger partial charge on any atom is -0.313 e. The van der Waals surface area contributed by atoms with Crippen LogP contribution in [0.1, 0.15) is 25.0 Å². The monoisotopic (exact) mass is 209 g/mol. The molecule has 0 amide bonds. The fourth-order valence-electron chi connectivity index (χ4n) is 1.37. The smallest absolute Gasteiger partial charge is 0.117 e. The second-order valence-electron chi connectivity index (χ2n) is 4.63. The molecule has 0 aliphatic carbocycles. The highest BCUT2D eigenvalue weighted by Crippen LogP contribution is 2.06. The summed E-state index contributed by atoms with van der Waals surface area (Å²) in [6.07, 6.45) is 0.955. The van der Waals surface area contributed by atoms with Crippen molar-refractivity contribution in [1.82, 2.24) is 5.32 Å². The highest BCUT2D eigenvalue weighted by atomic mass is 19.1. The number of rotatable bonds is 5. The molecule has 0 aliphatic heterocycles. The highest BCUT2D eigenvalue weighted by molar-refractivity contribution is 5.21. The van der Waals surface area contributed by atoms with Crippen molar-refractivity contribution in [2.75, 3.05) is 13.1 Å². The lowest BCUT2D eigenvalue weighted by Gasteiger charge is -2.14. The Labute approximate surface area is 91.7 Å². The SMILES string of the molecule is Cc1ccc(CCNCC(C)(C)F)cc1. The molecule has 1 aromatic rings. The van der Waals surface area contributed by atoms with Crippen molar-refractivity contribution in [3.63, 3.8) is 0 Å². The van der Waals surface area contributed by atoms with Crippen LogP contribution in [0.25, 0.3) is 0 Å². The molecule has 0 bridgehead atoms. The normalized spacial score (nSPS) is 11.7. The maximum absolute atomic E-state index is 13.1. The van der Waals surface area contributed by atoms with Crippen LogP contribution in [0.5, 0.6) is 0 Å². The zero-order valence-electron chi connectivity index (χ0n) is 9.81. The van der Waals surface area contributed by atoms with Gasteiger partial charge in [-0.25, -0.2) is 4.39 Å². The number of benzene rings is 1. The van der Waals surface area contributed by atoms with Gasteiger partial charge in [-0.2, -0.15) is 0 Å². The Balaban J connectivity index is 2.23. The Morgan fingerprint density at radius 3 is 2.33 bits per heavy atom. The topological polar surface area (TPSA) is 12.0 Å². The minimum absolute atomic E-state index is 0.416. The van der Waals surface area contributed by atoms with E-state index in [2.05, 4.69) is 36.5 Å². The van der Waals surface area contributed by atoms with Gasteiger partial charge in [-0.05, 0) is 39.3 Å². The Hall–Kier alpha value is -0.890. The molecule has 0 saturated heterocycles. The summed E-state index contributed by atoms with van der Waals surface area (Å²) in [7, 11) is 0. The molecule has 0 spiro atoms. The average Bonchev–Trinajstić information content (AvgIpc) is 2.14. The molecule has 0 aromatic heterocycles. The minimum atomic E-state index is -1.12. The third-order valence-corrected chi connectivity index (χ3v) is 2.26. The molecule has 0 saturated carbocycles. The average molecular weight is 209 g/mol. The van der Waals surface area contributed by atoms with Gasteiger partial charge < -0.3 is 5.32 Å². The van der Waals surface area contributed by atoms with Gasteiger partial charge in [0.2, 0.25) is 0 Å². The van der Waals surface area contributed by atoms with Gasteiger partial charge in [0, 0.05) is 6.54 Å². The van der Waals surface area contributed by atoms with Crippen LogP contribution in [-0.2, 0) is 6.42 Å². The Kier molecular flexibility index (Phi) is 4.28. The van der Waals surface area contributed by atoms with Crippen molar-refractivity contribution < 1.29 is 4.39 Å². The van der Waals surface area contributed by atoms with E-state index in [0.29, 0.717) is 6.54 Å². The zero-order valence-corrected chi connectivity index (χ0v) is 9.81. The van der Waals surface area contributed by atoms with E-state index in [1.165, 1.54) is 11.1 Å². The quantitative estimate of drug-likeness (QED) is 0.735. The van der Waals surface area contributed by atoms with Crippen LogP contribution in [-0.4, -0.2) is 18.8 Å². The van der Waals surface area contributed by atoms with Gasteiger partial charge in [-0.3, -0.25) is 0 Å². The molecule has 0 radical (unpaired) electrons. The van der Waals surface area contributed by atoms with E-state index >= 15 is 0 Å². The number of alkyl halides is 1. The number of hydrogen-bond acceptors (Lipinski definition) is 1. The van der Waals surface area contributed by atoms with Crippen LogP contribution in [0.3, 0.4) is 0 Å². The van der Waals surface area contributed by atoms with Crippen LogP contribution in [0, 0.1) is 6.92 Å². The van der Waals surface area contributed by atoms with E-state index in [4.69, 9.17) is 0 Å². The first-order valence-corrected chi connectivity index (χ1v) is 5.42. The van der Waals surface area contributed by atoms with E-state index in [0.717, 1.165) is 13.0 Å². The van der Waals surface area contributed by atoms with Crippen molar-refractivity contribution >= 4 is 0 Å². The van der Waals surface area contributed by atoms with Gasteiger partial charge in [-0.1, -0.05) is 29.8 Å². The molecule has 15 heavy (non-hydrogen) atoms. The standard InChI is InChI=1S/C13H20FN/c1-11-4-6-12(7-5-11)8-9-15-10-13(2,3)14/h4-7,15H,8-10H2,1-3H3. The van der Waals surface area contributed by atoms with E-state index in [1.54, 1.807) is 13.8 Å². The molecule has 0 aliphatic rings. The fourth-order valence-corrected chi connectivity index (χ4v) is 1.37. The summed E-state index contributed by atoms with van der Waals surface area (Å²) < 4.78 is 13.1. The second kappa shape index (κ2) is 5.26. The first-order chi connectivity index (χ1) is 6.97. The highest BCUT2D eigenvalue weighted by Gasteiger charge is 2.13. The summed E-state index contributed by atoms with van der Waals surface area (Å²) in [5, 5.41) is 3.11. The molecule has 1 nitrogen and oxygen atoms in total. The predicted molar refractivity (Wildman–Crippen MR) is 62.9 cm³/mol. The van der Waals surface area contributed by atoms with Crippen molar-refractivity contribution in [2.45, 2.75) is 32.9 Å². The fraction of sp³-hybridized carbons (Fsp3) is 0.538. The van der Waals surface area contributed by atoms with E-state index < -0.39 is 5.67 Å². The number of hydrogen-bond donors (Lipinski definition) is 1. The van der Waals surface area contributed by atoms with E-state index in [1.807, 2.05) is 0 Å². The van der Waals surface area contributed by atoms with Crippen LogP contribution >= 0.6 is 0 Å². The lowest BCUT2D eigenvalue weighted by atomic mass is 10.1. The maximum atomic E-state index is 13.1. The summed E-state index contributed by atoms with van der Waals surface area (Å²) >= 11 is 0. The second-order valence-corrected chi connectivity index (χ2v) is 4.63. The molecule has 0 unspecified atom stereocenters. The first-order valence-electron chi connectivity index (χ1n) is 5.42. The van der Waals surface area contributed by atoms with Crippen LogP contribution in [0.2, 0.25) is 0 Å².